The largest absolute Gasteiger partial charge is 0.383 e. The zero-order valence-electron chi connectivity index (χ0n) is 60.0. The fraction of sp³-hybridized carbons (Fsp3) is 0.341. The standard InChI is InChI=1S/C34H35N7.C22H20N2.C20H26N8.C9H10ClN/c1-34(2)16-20-40(21-17-34)29-23-36-31-27(38-29)22-37-33(31)41-19-9-14-26-28(41)15-18-35-32(26)39-30(24-10-5-3-6-11-24)25-12-7-4-8-13-25;1-3-10-18(11-4-1)21(19-12-5-2-6-13-19)24-22-20-14-8-7-9-17(20)15-16-23-22;1-20(22)5-9-27(10-6-20)16-12-24-17-14(26-16)11-25-19(17)28-8-2-3-13-15(28)4-7-23-18(13)21;10-9-8-4-2-1-3-7(8)5-6-11-9/h3-8,10-13,15,18,23H,9,14,16-17,19-22H2,1-2H3;1-6,10-13,15-16H,7-9,14H2;4,7,12H,2-3,5-6,8-11,22H2,1H3,(H2,21,23);5-6H,1-4H2. The van der Waals surface area contributed by atoms with E-state index in [1.807, 2.05) is 55.1 Å². The van der Waals surface area contributed by atoms with Crippen molar-refractivity contribution in [3.63, 3.8) is 0 Å². The third-order valence-electron chi connectivity index (χ3n) is 21.4. The SMILES string of the molecule is CC1(C)CCN(c2cnc3c(n2)CN=C3N2CCCc3c2ccnc3N=C(c2ccccc2)c2ccccc2)CC1.CC1(N)CCN(c2cnc3c(n2)CN=C3N2CCCc3c2ccnc3N)CC1.Clc1nccc2c1CCCC2.c1ccc(C(=Nc2nccc3c2CCCC3)c2ccccc2)cc1. The summed E-state index contributed by atoms with van der Waals surface area (Å²) in [5, 5.41) is 0.710. The number of hydrogen-bond acceptors (Lipinski definition) is 18. The number of halogens is 1. The summed E-state index contributed by atoms with van der Waals surface area (Å²) in [6.07, 6.45) is 28.9. The molecule has 4 N–H and O–H groups in total. The van der Waals surface area contributed by atoms with Gasteiger partial charge in [0.15, 0.2) is 23.3 Å². The molecule has 8 aliphatic rings. The van der Waals surface area contributed by atoms with Crippen LogP contribution in [-0.2, 0) is 51.6 Å². The van der Waals surface area contributed by atoms with Crippen molar-refractivity contribution in [1.29, 1.82) is 0 Å². The molecule has 0 unspecified atom stereocenters. The summed E-state index contributed by atoms with van der Waals surface area (Å²) in [6.45, 7) is 13.6. The van der Waals surface area contributed by atoms with Crippen molar-refractivity contribution in [2.45, 2.75) is 142 Å². The first-order valence-corrected chi connectivity index (χ1v) is 37.6. The molecule has 0 atom stereocenters. The summed E-state index contributed by atoms with van der Waals surface area (Å²) in [6, 6.07) is 49.8. The quantitative estimate of drug-likeness (QED) is 0.107. The fourth-order valence-electron chi connectivity index (χ4n) is 15.3. The van der Waals surface area contributed by atoms with E-state index >= 15 is 0 Å². The molecule has 2 fully saturated rings. The first-order chi connectivity index (χ1) is 50.9. The molecule has 6 aromatic heterocycles. The Hall–Kier alpha value is -10.4. The van der Waals surface area contributed by atoms with Gasteiger partial charge in [-0.2, -0.15) is 0 Å². The molecule has 528 valence electrons. The van der Waals surface area contributed by atoms with Crippen LogP contribution < -0.4 is 31.1 Å². The predicted octanol–water partition coefficient (Wildman–Crippen LogP) is 15.6. The van der Waals surface area contributed by atoms with E-state index in [1.165, 1.54) is 67.2 Å². The Morgan fingerprint density at radius 2 is 0.827 bits per heavy atom. The highest BCUT2D eigenvalue weighted by atomic mass is 35.5. The van der Waals surface area contributed by atoms with Crippen LogP contribution in [0.15, 0.2) is 203 Å². The molecule has 6 aliphatic heterocycles. The Morgan fingerprint density at radius 1 is 0.423 bits per heavy atom. The summed E-state index contributed by atoms with van der Waals surface area (Å²) in [5.41, 5.74) is 32.6. The number of hydrogen-bond donors (Lipinski definition) is 2. The molecule has 104 heavy (non-hydrogen) atoms. The summed E-state index contributed by atoms with van der Waals surface area (Å²) >= 11 is 5.93. The minimum absolute atomic E-state index is 0.0741. The third-order valence-corrected chi connectivity index (χ3v) is 21.7. The third kappa shape index (κ3) is 15.6. The number of pyridine rings is 4. The maximum absolute atomic E-state index is 6.26. The molecule has 19 heteroatoms. The molecule has 12 heterocycles. The molecule has 2 aliphatic carbocycles. The lowest BCUT2D eigenvalue weighted by Crippen LogP contribution is -2.48. The van der Waals surface area contributed by atoms with E-state index in [1.54, 1.807) is 12.4 Å². The number of nitrogens with two attached hydrogens (primary N) is 2. The number of benzene rings is 4. The van der Waals surface area contributed by atoms with Gasteiger partial charge in [0.25, 0.3) is 0 Å². The van der Waals surface area contributed by atoms with Crippen LogP contribution in [0.5, 0.6) is 0 Å². The lowest BCUT2D eigenvalue weighted by molar-refractivity contribution is 0.279. The molecule has 0 radical (unpaired) electrons. The zero-order chi connectivity index (χ0) is 71.0. The second-order valence-corrected chi connectivity index (χ2v) is 29.6. The van der Waals surface area contributed by atoms with Gasteiger partial charge in [-0.25, -0.2) is 49.9 Å². The van der Waals surface area contributed by atoms with Crippen molar-refractivity contribution in [3.05, 3.63) is 266 Å². The van der Waals surface area contributed by atoms with E-state index in [0.717, 1.165) is 211 Å². The number of aryl methyl sites for hydroxylation is 2. The van der Waals surface area contributed by atoms with E-state index in [-0.39, 0.29) is 5.54 Å². The lowest BCUT2D eigenvalue weighted by Gasteiger charge is -2.37. The highest BCUT2D eigenvalue weighted by Gasteiger charge is 2.35. The van der Waals surface area contributed by atoms with Gasteiger partial charge < -0.3 is 31.1 Å². The van der Waals surface area contributed by atoms with Gasteiger partial charge in [-0.15, -0.1) is 0 Å². The van der Waals surface area contributed by atoms with E-state index < -0.39 is 0 Å². The number of amidine groups is 2. The summed E-state index contributed by atoms with van der Waals surface area (Å²) in [4.78, 5) is 66.4. The summed E-state index contributed by atoms with van der Waals surface area (Å²) < 4.78 is 0. The van der Waals surface area contributed by atoms with Crippen LogP contribution in [0.3, 0.4) is 0 Å². The van der Waals surface area contributed by atoms with Gasteiger partial charge in [0.05, 0.1) is 59.7 Å². The second-order valence-electron chi connectivity index (χ2n) is 29.3. The van der Waals surface area contributed by atoms with Crippen LogP contribution in [0.4, 0.5) is 40.5 Å². The average molecular weight is 1400 g/mol. The molecule has 0 spiro atoms. The minimum Gasteiger partial charge on any atom is -0.383 e. The Bertz CT molecular complexity index is 4730. The van der Waals surface area contributed by atoms with Crippen molar-refractivity contribution in [2.75, 3.05) is 64.6 Å². The predicted molar refractivity (Wildman–Crippen MR) is 421 cm³/mol. The lowest BCUT2D eigenvalue weighted by atomic mass is 9.83. The van der Waals surface area contributed by atoms with E-state index in [2.05, 4.69) is 171 Å². The second kappa shape index (κ2) is 31.3. The molecule has 10 aromatic rings. The molecule has 4 aromatic carbocycles. The Morgan fingerprint density at radius 3 is 1.33 bits per heavy atom. The summed E-state index contributed by atoms with van der Waals surface area (Å²) in [7, 11) is 0. The van der Waals surface area contributed by atoms with Crippen molar-refractivity contribution in [3.8, 4) is 0 Å². The van der Waals surface area contributed by atoms with Gasteiger partial charge in [-0.3, -0.25) is 9.98 Å². The van der Waals surface area contributed by atoms with Gasteiger partial charge in [-0.05, 0) is 156 Å². The van der Waals surface area contributed by atoms with Crippen LogP contribution in [0.25, 0.3) is 0 Å². The van der Waals surface area contributed by atoms with Gasteiger partial charge in [-0.1, -0.05) is 147 Å². The number of fused-ring (bicyclic) bond motifs is 6. The topological polar surface area (TPSA) is 218 Å². The van der Waals surface area contributed by atoms with Gasteiger partial charge in [0.1, 0.15) is 34.0 Å². The van der Waals surface area contributed by atoms with E-state index in [9.17, 15) is 0 Å². The van der Waals surface area contributed by atoms with Gasteiger partial charge >= 0.3 is 0 Å². The number of nitrogens with zero attached hydrogens (tertiary/aromatic N) is 16. The number of anilines is 5. The fourth-order valence-corrected chi connectivity index (χ4v) is 15.6. The molecule has 0 saturated carbocycles. The molecule has 18 nitrogen and oxygen atoms in total. The highest BCUT2D eigenvalue weighted by molar-refractivity contribution is 6.30. The first-order valence-electron chi connectivity index (χ1n) is 37.2. The highest BCUT2D eigenvalue weighted by Crippen LogP contribution is 2.39. The Balaban J connectivity index is 0.000000120. The number of nitrogen functional groups attached to an aromatic ring is 1. The molecule has 0 bridgehead atoms. The zero-order valence-corrected chi connectivity index (χ0v) is 60.7. The van der Waals surface area contributed by atoms with Gasteiger partial charge in [0.2, 0.25) is 0 Å². The van der Waals surface area contributed by atoms with Crippen molar-refractivity contribution in [2.24, 2.45) is 31.1 Å². The van der Waals surface area contributed by atoms with Crippen LogP contribution in [0.2, 0.25) is 5.15 Å². The van der Waals surface area contributed by atoms with Crippen LogP contribution >= 0.6 is 11.6 Å². The summed E-state index contributed by atoms with van der Waals surface area (Å²) in [5.74, 6) is 5.97. The Labute approximate surface area is 615 Å². The molecular weight excluding hydrogens is 1310 g/mol. The number of aromatic nitrogens is 8. The smallest absolute Gasteiger partial charge is 0.157 e. The van der Waals surface area contributed by atoms with Crippen LogP contribution in [-0.4, -0.2) is 108 Å². The van der Waals surface area contributed by atoms with Crippen molar-refractivity contribution >= 4 is 75.2 Å². The number of piperidine rings is 2. The van der Waals surface area contributed by atoms with Gasteiger partial charge in [0, 0.05) is 109 Å². The normalized spacial score (nSPS) is 17.2. The molecule has 18 rings (SSSR count). The maximum Gasteiger partial charge on any atom is 0.157 e. The molecule has 2 saturated heterocycles. The molecule has 0 amide bonds. The van der Waals surface area contributed by atoms with Crippen LogP contribution in [0, 0.1) is 5.41 Å². The number of aliphatic imine (C=N–C) groups is 4. The minimum atomic E-state index is -0.0741. The monoisotopic (exact) mass is 1400 g/mol. The van der Waals surface area contributed by atoms with E-state index in [0.29, 0.717) is 29.5 Å². The average Bonchev–Trinajstić information content (AvgIpc) is 1.60. The van der Waals surface area contributed by atoms with Crippen molar-refractivity contribution < 1.29 is 0 Å². The van der Waals surface area contributed by atoms with E-state index in [4.69, 9.17) is 68.0 Å². The first kappa shape index (κ1) is 69.3. The molecular formula is C85H91ClN18. The van der Waals surface area contributed by atoms with Crippen molar-refractivity contribution in [1.82, 2.24) is 39.9 Å². The van der Waals surface area contributed by atoms with Crippen LogP contribution in [0.1, 0.15) is 163 Å². The number of rotatable bonds is 8. The maximum atomic E-state index is 6.26. The Kier molecular flexibility index (Phi) is 20.8.